The Kier molecular flexibility index (Phi) is 5.63. The van der Waals surface area contributed by atoms with E-state index in [1.54, 1.807) is 0 Å². The first kappa shape index (κ1) is 19.6. The molecule has 4 aromatic rings. The summed E-state index contributed by atoms with van der Waals surface area (Å²) in [5, 5.41) is 14.4. The molecular formula is C19H20N6O2S2. The standard InChI is InChI=1S/C19H20N6O2S2/c1-4-16-23-25-17(26)9-13(20-18(25)29-16)11-28-19-22-21-15(24(19)3)10-27-14-8-6-5-7-12(14)2/h5-9H,4,10-11H2,1-3H3. The molecular weight excluding hydrogens is 408 g/mol. The van der Waals surface area contributed by atoms with Crippen molar-refractivity contribution in [3.05, 3.63) is 62.8 Å². The lowest BCUT2D eigenvalue weighted by Gasteiger charge is -2.08. The van der Waals surface area contributed by atoms with E-state index in [4.69, 9.17) is 4.74 Å². The predicted molar refractivity (Wildman–Crippen MR) is 113 cm³/mol. The van der Waals surface area contributed by atoms with Crippen molar-refractivity contribution in [2.75, 3.05) is 0 Å². The van der Waals surface area contributed by atoms with E-state index in [1.165, 1.54) is 33.7 Å². The third-order valence-electron chi connectivity index (χ3n) is 4.37. The molecule has 3 heterocycles. The third-order valence-corrected chi connectivity index (χ3v) is 6.47. The van der Waals surface area contributed by atoms with E-state index in [1.807, 2.05) is 49.7 Å². The molecule has 0 aliphatic carbocycles. The smallest absolute Gasteiger partial charge is 0.275 e. The summed E-state index contributed by atoms with van der Waals surface area (Å²) in [7, 11) is 1.90. The van der Waals surface area contributed by atoms with Crippen molar-refractivity contribution in [3.8, 4) is 5.75 Å². The van der Waals surface area contributed by atoms with Crippen LogP contribution in [0.1, 0.15) is 29.0 Å². The van der Waals surface area contributed by atoms with Crippen molar-refractivity contribution in [2.24, 2.45) is 7.05 Å². The zero-order valence-electron chi connectivity index (χ0n) is 16.3. The van der Waals surface area contributed by atoms with E-state index in [2.05, 4.69) is 20.3 Å². The molecule has 0 saturated carbocycles. The van der Waals surface area contributed by atoms with Crippen LogP contribution >= 0.6 is 23.1 Å². The first-order valence-electron chi connectivity index (χ1n) is 9.13. The SMILES string of the molecule is CCc1nn2c(=O)cc(CSc3nnc(COc4ccccc4C)n3C)nc2s1. The van der Waals surface area contributed by atoms with E-state index >= 15 is 0 Å². The lowest BCUT2D eigenvalue weighted by atomic mass is 10.2. The normalized spacial score (nSPS) is 11.3. The number of para-hydroxylation sites is 1. The lowest BCUT2D eigenvalue weighted by molar-refractivity contribution is 0.288. The fourth-order valence-electron chi connectivity index (χ4n) is 2.71. The highest BCUT2D eigenvalue weighted by Crippen LogP contribution is 2.22. The van der Waals surface area contributed by atoms with Crippen LogP contribution in [0.15, 0.2) is 40.3 Å². The quantitative estimate of drug-likeness (QED) is 0.418. The molecule has 1 aromatic carbocycles. The molecule has 0 N–H and O–H groups in total. The molecule has 0 fully saturated rings. The molecule has 0 bridgehead atoms. The Balaban J connectivity index is 1.45. The van der Waals surface area contributed by atoms with Gasteiger partial charge in [-0.25, -0.2) is 4.98 Å². The van der Waals surface area contributed by atoms with Gasteiger partial charge in [0.05, 0.1) is 5.69 Å². The summed E-state index contributed by atoms with van der Waals surface area (Å²) in [5.41, 5.74) is 1.62. The summed E-state index contributed by atoms with van der Waals surface area (Å²) in [6.07, 6.45) is 0.782. The van der Waals surface area contributed by atoms with Gasteiger partial charge in [-0.3, -0.25) is 4.79 Å². The second-order valence-corrected chi connectivity index (χ2v) is 8.41. The maximum absolute atomic E-state index is 12.3. The Morgan fingerprint density at radius 1 is 1.24 bits per heavy atom. The van der Waals surface area contributed by atoms with E-state index in [9.17, 15) is 4.79 Å². The zero-order valence-corrected chi connectivity index (χ0v) is 18.0. The van der Waals surface area contributed by atoms with Crippen molar-refractivity contribution in [1.82, 2.24) is 29.4 Å². The highest BCUT2D eigenvalue weighted by Gasteiger charge is 2.13. The number of nitrogens with zero attached hydrogens (tertiary/aromatic N) is 6. The summed E-state index contributed by atoms with van der Waals surface area (Å²) in [5.74, 6) is 2.09. The van der Waals surface area contributed by atoms with Crippen molar-refractivity contribution < 1.29 is 4.74 Å². The molecule has 3 aromatic heterocycles. The van der Waals surface area contributed by atoms with Gasteiger partial charge < -0.3 is 9.30 Å². The molecule has 0 atom stereocenters. The number of ether oxygens (including phenoxy) is 1. The molecule has 0 unspecified atom stereocenters. The maximum atomic E-state index is 12.3. The molecule has 29 heavy (non-hydrogen) atoms. The van der Waals surface area contributed by atoms with Crippen LogP contribution in [0.4, 0.5) is 0 Å². The van der Waals surface area contributed by atoms with E-state index in [0.29, 0.717) is 23.0 Å². The molecule has 0 spiro atoms. The minimum absolute atomic E-state index is 0.160. The van der Waals surface area contributed by atoms with E-state index < -0.39 is 0 Å². The van der Waals surface area contributed by atoms with Crippen molar-refractivity contribution in [2.45, 2.75) is 37.8 Å². The molecule has 4 rings (SSSR count). The molecule has 150 valence electrons. The van der Waals surface area contributed by atoms with Crippen LogP contribution in [0.5, 0.6) is 5.75 Å². The molecule has 10 heteroatoms. The Labute approximate surface area is 175 Å². The van der Waals surface area contributed by atoms with E-state index in [0.717, 1.165) is 33.7 Å². The number of rotatable bonds is 7. The van der Waals surface area contributed by atoms with Crippen LogP contribution in [-0.4, -0.2) is 29.4 Å². The molecule has 0 aliphatic rings. The van der Waals surface area contributed by atoms with E-state index in [-0.39, 0.29) is 5.56 Å². The fraction of sp³-hybridized carbons (Fsp3) is 0.316. The number of aryl methyl sites for hydroxylation is 2. The Morgan fingerprint density at radius 2 is 2.07 bits per heavy atom. The van der Waals surface area contributed by atoms with Gasteiger partial charge in [0.1, 0.15) is 17.4 Å². The third kappa shape index (κ3) is 4.18. The summed E-state index contributed by atoms with van der Waals surface area (Å²) < 4.78 is 9.12. The highest BCUT2D eigenvalue weighted by molar-refractivity contribution is 7.98. The van der Waals surface area contributed by atoms with Crippen molar-refractivity contribution in [1.29, 1.82) is 0 Å². The van der Waals surface area contributed by atoms with Gasteiger partial charge >= 0.3 is 0 Å². The van der Waals surface area contributed by atoms with Gasteiger partial charge in [-0.1, -0.05) is 48.2 Å². The second-order valence-electron chi connectivity index (χ2n) is 6.43. The van der Waals surface area contributed by atoms with Crippen molar-refractivity contribution in [3.63, 3.8) is 0 Å². The predicted octanol–water partition coefficient (Wildman–Crippen LogP) is 3.02. The van der Waals surface area contributed by atoms with Crippen LogP contribution in [-0.2, 0) is 25.8 Å². The largest absolute Gasteiger partial charge is 0.485 e. The maximum Gasteiger partial charge on any atom is 0.275 e. The zero-order chi connectivity index (χ0) is 20.4. The van der Waals surface area contributed by atoms with Gasteiger partial charge in [-0.05, 0) is 25.0 Å². The summed E-state index contributed by atoms with van der Waals surface area (Å²) >= 11 is 2.92. The van der Waals surface area contributed by atoms with Crippen LogP contribution in [0.25, 0.3) is 4.96 Å². The van der Waals surface area contributed by atoms with Gasteiger partial charge in [0, 0.05) is 18.9 Å². The number of hydrogen-bond donors (Lipinski definition) is 0. The van der Waals surface area contributed by atoms with Gasteiger partial charge in [-0.15, -0.1) is 10.2 Å². The van der Waals surface area contributed by atoms with Crippen LogP contribution in [0, 0.1) is 6.92 Å². The number of benzene rings is 1. The highest BCUT2D eigenvalue weighted by atomic mass is 32.2. The topological polar surface area (TPSA) is 87.2 Å². The van der Waals surface area contributed by atoms with Crippen LogP contribution in [0.2, 0.25) is 0 Å². The number of thioether (sulfide) groups is 1. The first-order valence-corrected chi connectivity index (χ1v) is 10.9. The summed E-state index contributed by atoms with van der Waals surface area (Å²) in [6.45, 7) is 4.35. The molecule has 0 amide bonds. The van der Waals surface area contributed by atoms with Gasteiger partial charge in [-0.2, -0.15) is 9.61 Å². The van der Waals surface area contributed by atoms with Crippen LogP contribution in [0.3, 0.4) is 0 Å². The monoisotopic (exact) mass is 428 g/mol. The lowest BCUT2D eigenvalue weighted by Crippen LogP contribution is -2.15. The van der Waals surface area contributed by atoms with Crippen molar-refractivity contribution >= 4 is 28.1 Å². The Hall–Kier alpha value is -2.72. The average molecular weight is 429 g/mol. The first-order chi connectivity index (χ1) is 14.0. The minimum Gasteiger partial charge on any atom is -0.485 e. The molecule has 8 nitrogen and oxygen atoms in total. The van der Waals surface area contributed by atoms with Gasteiger partial charge in [0.15, 0.2) is 11.0 Å². The Morgan fingerprint density at radius 3 is 2.86 bits per heavy atom. The van der Waals surface area contributed by atoms with Crippen LogP contribution < -0.4 is 10.3 Å². The van der Waals surface area contributed by atoms with Gasteiger partial charge in [0.2, 0.25) is 4.96 Å². The minimum atomic E-state index is -0.160. The Bertz CT molecular complexity index is 1210. The fourth-order valence-corrected chi connectivity index (χ4v) is 4.39. The molecule has 0 radical (unpaired) electrons. The average Bonchev–Trinajstić information content (AvgIpc) is 3.29. The number of aromatic nitrogens is 6. The second kappa shape index (κ2) is 8.34. The number of hydrogen-bond acceptors (Lipinski definition) is 8. The van der Waals surface area contributed by atoms with Gasteiger partial charge in [0.25, 0.3) is 5.56 Å². The molecule has 0 saturated heterocycles. The summed E-state index contributed by atoms with van der Waals surface area (Å²) in [6, 6.07) is 9.39. The number of fused-ring (bicyclic) bond motifs is 1. The molecule has 0 aliphatic heterocycles. The summed E-state index contributed by atoms with van der Waals surface area (Å²) in [4.78, 5) is 17.4.